The molecule has 1 heterocycles. The Hall–Kier alpha value is -2.24. The molecule has 0 bridgehead atoms. The summed E-state index contributed by atoms with van der Waals surface area (Å²) in [5.41, 5.74) is 6.93. The number of nitrogens with zero attached hydrogens (tertiary/aromatic N) is 2. The Bertz CT molecular complexity index is 656. The fourth-order valence-corrected chi connectivity index (χ4v) is 1.83. The van der Waals surface area contributed by atoms with Crippen LogP contribution >= 0.6 is 0 Å². The lowest BCUT2D eigenvalue weighted by Crippen LogP contribution is -2.11. The van der Waals surface area contributed by atoms with Crippen molar-refractivity contribution < 1.29 is 8.78 Å². The van der Waals surface area contributed by atoms with E-state index in [0.29, 0.717) is 28.6 Å². The summed E-state index contributed by atoms with van der Waals surface area (Å²) in [4.78, 5) is 8.62. The van der Waals surface area contributed by atoms with Gasteiger partial charge in [0.15, 0.2) is 0 Å². The highest BCUT2D eigenvalue weighted by atomic mass is 19.1. The van der Waals surface area contributed by atoms with Crippen molar-refractivity contribution in [2.45, 2.75) is 33.2 Å². The summed E-state index contributed by atoms with van der Waals surface area (Å²) in [7, 11) is 0. The molecular formula is C15H18F2N4. The topological polar surface area (TPSA) is 63.8 Å². The number of hydrogen-bond donors (Lipinski definition) is 2. The van der Waals surface area contributed by atoms with Gasteiger partial charge in [-0.1, -0.05) is 19.9 Å². The van der Waals surface area contributed by atoms with Gasteiger partial charge in [0.2, 0.25) is 0 Å². The van der Waals surface area contributed by atoms with Gasteiger partial charge in [-0.05, 0) is 13.0 Å². The Labute approximate surface area is 122 Å². The van der Waals surface area contributed by atoms with Gasteiger partial charge in [-0.15, -0.1) is 0 Å². The van der Waals surface area contributed by atoms with E-state index in [-0.39, 0.29) is 12.5 Å². The van der Waals surface area contributed by atoms with Crippen molar-refractivity contribution in [2.24, 2.45) is 0 Å². The molecule has 2 aromatic rings. The molecule has 0 fully saturated rings. The lowest BCUT2D eigenvalue weighted by atomic mass is 10.2. The van der Waals surface area contributed by atoms with Crippen LogP contribution in [-0.2, 0) is 6.54 Å². The molecule has 0 aliphatic rings. The number of aromatic nitrogens is 2. The van der Waals surface area contributed by atoms with Gasteiger partial charge in [0.05, 0.1) is 0 Å². The van der Waals surface area contributed by atoms with E-state index in [1.165, 1.54) is 12.1 Å². The first kappa shape index (κ1) is 15.2. The highest BCUT2D eigenvalue weighted by molar-refractivity contribution is 5.55. The van der Waals surface area contributed by atoms with Crippen molar-refractivity contribution >= 4 is 11.6 Å². The SMILES string of the molecule is Cc1c(N)nc(C(C)C)nc1NCc1ccc(F)cc1F. The van der Waals surface area contributed by atoms with E-state index in [4.69, 9.17) is 5.73 Å². The van der Waals surface area contributed by atoms with Gasteiger partial charge in [0, 0.05) is 29.7 Å². The summed E-state index contributed by atoms with van der Waals surface area (Å²) >= 11 is 0. The fourth-order valence-electron chi connectivity index (χ4n) is 1.83. The molecule has 0 unspecified atom stereocenters. The first-order chi connectivity index (χ1) is 9.88. The smallest absolute Gasteiger partial charge is 0.135 e. The van der Waals surface area contributed by atoms with Crippen LogP contribution in [0.3, 0.4) is 0 Å². The number of hydrogen-bond acceptors (Lipinski definition) is 4. The van der Waals surface area contributed by atoms with Crippen LogP contribution in [0.15, 0.2) is 18.2 Å². The Balaban J connectivity index is 2.23. The molecule has 0 aliphatic heterocycles. The van der Waals surface area contributed by atoms with Gasteiger partial charge in [-0.3, -0.25) is 0 Å². The van der Waals surface area contributed by atoms with Crippen molar-refractivity contribution in [2.75, 3.05) is 11.1 Å². The molecule has 0 radical (unpaired) electrons. The van der Waals surface area contributed by atoms with Crippen molar-refractivity contribution in [3.63, 3.8) is 0 Å². The molecule has 0 saturated carbocycles. The number of halogens is 2. The van der Waals surface area contributed by atoms with Gasteiger partial charge >= 0.3 is 0 Å². The Morgan fingerprint density at radius 1 is 1.24 bits per heavy atom. The molecule has 0 amide bonds. The third-order valence-electron chi connectivity index (χ3n) is 3.18. The normalized spacial score (nSPS) is 11.0. The maximum Gasteiger partial charge on any atom is 0.135 e. The minimum absolute atomic E-state index is 0.135. The number of rotatable bonds is 4. The minimum Gasteiger partial charge on any atom is -0.383 e. The van der Waals surface area contributed by atoms with E-state index in [1.807, 2.05) is 13.8 Å². The van der Waals surface area contributed by atoms with Crippen LogP contribution in [0.2, 0.25) is 0 Å². The number of anilines is 2. The van der Waals surface area contributed by atoms with Crippen LogP contribution in [0.25, 0.3) is 0 Å². The predicted molar refractivity (Wildman–Crippen MR) is 79.0 cm³/mol. The van der Waals surface area contributed by atoms with Gasteiger partial charge in [0.1, 0.15) is 29.1 Å². The van der Waals surface area contributed by atoms with Gasteiger partial charge < -0.3 is 11.1 Å². The van der Waals surface area contributed by atoms with E-state index in [0.717, 1.165) is 6.07 Å². The fraction of sp³-hybridized carbons (Fsp3) is 0.333. The van der Waals surface area contributed by atoms with Crippen molar-refractivity contribution in [3.8, 4) is 0 Å². The van der Waals surface area contributed by atoms with Gasteiger partial charge in [-0.2, -0.15) is 0 Å². The average Bonchev–Trinajstić information content (AvgIpc) is 2.41. The molecule has 1 aromatic heterocycles. The number of nitrogens with two attached hydrogens (primary N) is 1. The summed E-state index contributed by atoms with van der Waals surface area (Å²) in [6, 6.07) is 3.49. The Morgan fingerprint density at radius 3 is 2.57 bits per heavy atom. The van der Waals surface area contributed by atoms with Crippen molar-refractivity contribution in [3.05, 3.63) is 46.8 Å². The van der Waals surface area contributed by atoms with Gasteiger partial charge in [0.25, 0.3) is 0 Å². The maximum atomic E-state index is 13.6. The molecule has 6 heteroatoms. The first-order valence-electron chi connectivity index (χ1n) is 6.70. The Morgan fingerprint density at radius 2 is 1.95 bits per heavy atom. The summed E-state index contributed by atoms with van der Waals surface area (Å²) in [6.07, 6.45) is 0. The van der Waals surface area contributed by atoms with E-state index < -0.39 is 11.6 Å². The number of nitrogen functional groups attached to an aromatic ring is 1. The van der Waals surface area contributed by atoms with Crippen LogP contribution in [0.1, 0.15) is 36.7 Å². The van der Waals surface area contributed by atoms with Crippen LogP contribution in [0, 0.1) is 18.6 Å². The minimum atomic E-state index is -0.596. The van der Waals surface area contributed by atoms with Crippen molar-refractivity contribution in [1.29, 1.82) is 0 Å². The standard InChI is InChI=1S/C15H18F2N4/c1-8(2)14-20-13(18)9(3)15(21-14)19-7-10-4-5-11(16)6-12(10)17/h4-6,8H,7H2,1-3H3,(H3,18,19,20,21). The largest absolute Gasteiger partial charge is 0.383 e. The van der Waals surface area contributed by atoms with Crippen molar-refractivity contribution in [1.82, 2.24) is 9.97 Å². The monoisotopic (exact) mass is 292 g/mol. The molecule has 4 nitrogen and oxygen atoms in total. The summed E-state index contributed by atoms with van der Waals surface area (Å²) in [5, 5.41) is 3.03. The first-order valence-corrected chi connectivity index (χ1v) is 6.70. The molecule has 1 aromatic carbocycles. The molecule has 3 N–H and O–H groups in total. The molecule has 2 rings (SSSR count). The number of benzene rings is 1. The van der Waals surface area contributed by atoms with Gasteiger partial charge in [-0.25, -0.2) is 18.7 Å². The number of nitrogens with one attached hydrogen (secondary N) is 1. The molecule has 0 saturated heterocycles. The van der Waals surface area contributed by atoms with E-state index in [1.54, 1.807) is 6.92 Å². The molecule has 0 spiro atoms. The molecule has 21 heavy (non-hydrogen) atoms. The average molecular weight is 292 g/mol. The molecule has 112 valence electrons. The van der Waals surface area contributed by atoms with Crippen LogP contribution in [0.5, 0.6) is 0 Å². The lowest BCUT2D eigenvalue weighted by molar-refractivity contribution is 0.574. The maximum absolute atomic E-state index is 13.6. The highest BCUT2D eigenvalue weighted by Gasteiger charge is 2.12. The molecule has 0 atom stereocenters. The second-order valence-corrected chi connectivity index (χ2v) is 5.18. The third-order valence-corrected chi connectivity index (χ3v) is 3.18. The Kier molecular flexibility index (Phi) is 4.35. The second-order valence-electron chi connectivity index (χ2n) is 5.18. The van der Waals surface area contributed by atoms with Crippen LogP contribution < -0.4 is 11.1 Å². The zero-order chi connectivity index (χ0) is 15.6. The molecular weight excluding hydrogens is 274 g/mol. The zero-order valence-electron chi connectivity index (χ0n) is 12.2. The second kappa shape index (κ2) is 6.03. The van der Waals surface area contributed by atoms with Crippen LogP contribution in [0.4, 0.5) is 20.4 Å². The van der Waals surface area contributed by atoms with Crippen LogP contribution in [-0.4, -0.2) is 9.97 Å². The lowest BCUT2D eigenvalue weighted by Gasteiger charge is -2.13. The quantitative estimate of drug-likeness (QED) is 0.906. The summed E-state index contributed by atoms with van der Waals surface area (Å²) in [6.45, 7) is 5.92. The van der Waals surface area contributed by atoms with E-state index >= 15 is 0 Å². The predicted octanol–water partition coefficient (Wildman–Crippen LogP) is 3.38. The zero-order valence-corrected chi connectivity index (χ0v) is 12.2. The third kappa shape index (κ3) is 3.45. The summed E-state index contributed by atoms with van der Waals surface area (Å²) < 4.78 is 26.5. The summed E-state index contributed by atoms with van der Waals surface area (Å²) in [5.74, 6) is 0.536. The molecule has 0 aliphatic carbocycles. The van der Waals surface area contributed by atoms with E-state index in [9.17, 15) is 8.78 Å². The van der Waals surface area contributed by atoms with E-state index in [2.05, 4.69) is 15.3 Å². The highest BCUT2D eigenvalue weighted by Crippen LogP contribution is 2.22.